The molecule has 0 saturated heterocycles. The third-order valence-corrected chi connectivity index (χ3v) is 4.23. The van der Waals surface area contributed by atoms with E-state index >= 15 is 0 Å². The van der Waals surface area contributed by atoms with Crippen molar-refractivity contribution in [2.24, 2.45) is 5.73 Å². The second kappa shape index (κ2) is 5.83. The monoisotopic (exact) mass is 401 g/mol. The summed E-state index contributed by atoms with van der Waals surface area (Å²) in [6.45, 7) is 0.752. The van der Waals surface area contributed by atoms with Crippen molar-refractivity contribution >= 4 is 31.9 Å². The van der Waals surface area contributed by atoms with Crippen molar-refractivity contribution in [3.63, 3.8) is 0 Å². The van der Waals surface area contributed by atoms with Crippen molar-refractivity contribution in [2.75, 3.05) is 0 Å². The minimum atomic E-state index is 0.273. The molecule has 0 spiro atoms. The molecule has 0 atom stereocenters. The molecule has 5 nitrogen and oxygen atoms in total. The summed E-state index contributed by atoms with van der Waals surface area (Å²) in [5.74, 6) is 2.45. The van der Waals surface area contributed by atoms with E-state index in [4.69, 9.17) is 15.0 Å². The Morgan fingerprint density at radius 3 is 2.60 bits per heavy atom. The summed E-state index contributed by atoms with van der Waals surface area (Å²) in [4.78, 5) is 4.33. The molecule has 0 bridgehead atoms. The Morgan fingerprint density at radius 1 is 1.30 bits per heavy atom. The van der Waals surface area contributed by atoms with E-state index in [1.165, 1.54) is 0 Å². The molecule has 1 aromatic heterocycles. The smallest absolute Gasteiger partial charge is 0.229 e. The minimum Gasteiger partial charge on any atom is -0.483 e. The second-order valence-electron chi connectivity index (χ2n) is 4.70. The molecule has 2 aromatic rings. The topological polar surface area (TPSA) is 74.2 Å². The zero-order chi connectivity index (χ0) is 14.1. The van der Waals surface area contributed by atoms with E-state index in [1.807, 2.05) is 12.1 Å². The molecule has 0 aliphatic heterocycles. The molecular weight excluding hydrogens is 390 g/mol. The first-order chi connectivity index (χ1) is 9.67. The lowest BCUT2D eigenvalue weighted by Crippen LogP contribution is -2.01. The lowest BCUT2D eigenvalue weighted by atomic mass is 10.2. The number of nitrogens with two attached hydrogens (primary N) is 1. The molecule has 1 aliphatic rings. The van der Waals surface area contributed by atoms with Gasteiger partial charge in [-0.05, 0) is 62.4 Å². The molecular formula is C13H13Br2N3O2. The third kappa shape index (κ3) is 3.05. The van der Waals surface area contributed by atoms with Crippen molar-refractivity contribution in [1.29, 1.82) is 0 Å². The fourth-order valence-electron chi connectivity index (χ4n) is 1.83. The highest BCUT2D eigenvalue weighted by Gasteiger charge is 2.29. The van der Waals surface area contributed by atoms with Gasteiger partial charge in [-0.15, -0.1) is 0 Å². The van der Waals surface area contributed by atoms with Gasteiger partial charge < -0.3 is 15.0 Å². The summed E-state index contributed by atoms with van der Waals surface area (Å²) in [7, 11) is 0. The molecule has 1 aromatic carbocycles. The van der Waals surface area contributed by atoms with Gasteiger partial charge in [-0.2, -0.15) is 4.98 Å². The van der Waals surface area contributed by atoms with Crippen LogP contribution in [0.2, 0.25) is 0 Å². The molecule has 1 saturated carbocycles. The van der Waals surface area contributed by atoms with Crippen LogP contribution in [0, 0.1) is 0 Å². The lowest BCUT2D eigenvalue weighted by Gasteiger charge is -2.10. The van der Waals surface area contributed by atoms with Gasteiger partial charge in [0.1, 0.15) is 5.75 Å². The van der Waals surface area contributed by atoms with Crippen LogP contribution in [-0.4, -0.2) is 10.1 Å². The zero-order valence-corrected chi connectivity index (χ0v) is 13.8. The molecule has 1 fully saturated rings. The lowest BCUT2D eigenvalue weighted by molar-refractivity contribution is 0.282. The largest absolute Gasteiger partial charge is 0.483 e. The summed E-state index contributed by atoms with van der Waals surface area (Å²) in [6, 6.07) is 3.87. The van der Waals surface area contributed by atoms with Crippen molar-refractivity contribution in [1.82, 2.24) is 10.1 Å². The Kier molecular flexibility index (Phi) is 4.09. The van der Waals surface area contributed by atoms with Crippen molar-refractivity contribution in [3.8, 4) is 5.75 Å². The van der Waals surface area contributed by atoms with E-state index in [0.29, 0.717) is 24.0 Å². The van der Waals surface area contributed by atoms with Gasteiger partial charge in [0.2, 0.25) is 11.7 Å². The van der Waals surface area contributed by atoms with Gasteiger partial charge in [-0.1, -0.05) is 5.16 Å². The van der Waals surface area contributed by atoms with Crippen LogP contribution in [0.4, 0.5) is 0 Å². The summed E-state index contributed by atoms with van der Waals surface area (Å²) in [5.41, 5.74) is 6.64. The van der Waals surface area contributed by atoms with Gasteiger partial charge in [0.05, 0.1) is 8.95 Å². The normalized spacial score (nSPS) is 14.6. The summed E-state index contributed by atoms with van der Waals surface area (Å²) >= 11 is 6.95. The number of hydrogen-bond acceptors (Lipinski definition) is 5. The fourth-order valence-corrected chi connectivity index (χ4v) is 3.34. The predicted octanol–water partition coefficient (Wildman–Crippen LogP) is 3.51. The van der Waals surface area contributed by atoms with Gasteiger partial charge in [0, 0.05) is 12.5 Å². The van der Waals surface area contributed by atoms with Crippen LogP contribution in [0.3, 0.4) is 0 Å². The summed E-state index contributed by atoms with van der Waals surface area (Å²) in [6.07, 6.45) is 2.28. The molecule has 1 heterocycles. The standard InChI is InChI=1S/C13H13Br2N3O2/c14-9-3-7(5-16)4-10(15)12(9)19-6-11-17-13(20-18-11)8-1-2-8/h3-4,8H,1-2,5-6,16H2. The Hall–Kier alpha value is -0.920. The number of halogens is 2. The van der Waals surface area contributed by atoms with E-state index in [-0.39, 0.29) is 6.61 Å². The fraction of sp³-hybridized carbons (Fsp3) is 0.385. The Bertz CT molecular complexity index is 603. The SMILES string of the molecule is NCc1cc(Br)c(OCc2noc(C3CC3)n2)c(Br)c1. The molecule has 7 heteroatoms. The van der Waals surface area contributed by atoms with Gasteiger partial charge >= 0.3 is 0 Å². The number of aromatic nitrogens is 2. The molecule has 0 amide bonds. The van der Waals surface area contributed by atoms with Crippen molar-refractivity contribution < 1.29 is 9.26 Å². The van der Waals surface area contributed by atoms with E-state index in [1.54, 1.807) is 0 Å². The van der Waals surface area contributed by atoms with E-state index in [2.05, 4.69) is 42.0 Å². The first-order valence-corrected chi connectivity index (χ1v) is 7.89. The second-order valence-corrected chi connectivity index (χ2v) is 6.41. The molecule has 0 radical (unpaired) electrons. The maximum atomic E-state index is 5.75. The maximum Gasteiger partial charge on any atom is 0.229 e. The van der Waals surface area contributed by atoms with Gasteiger partial charge in [0.25, 0.3) is 0 Å². The van der Waals surface area contributed by atoms with Gasteiger partial charge in [0.15, 0.2) is 6.61 Å². The van der Waals surface area contributed by atoms with Crippen LogP contribution < -0.4 is 10.5 Å². The predicted molar refractivity (Wildman–Crippen MR) is 80.3 cm³/mol. The van der Waals surface area contributed by atoms with Crippen LogP contribution in [0.15, 0.2) is 25.6 Å². The molecule has 0 unspecified atom stereocenters. The first kappa shape index (κ1) is 14.0. The Labute approximate surface area is 133 Å². The van der Waals surface area contributed by atoms with Crippen LogP contribution in [0.1, 0.15) is 36.0 Å². The quantitative estimate of drug-likeness (QED) is 0.828. The van der Waals surface area contributed by atoms with E-state index in [0.717, 1.165) is 33.2 Å². The number of ether oxygens (including phenoxy) is 1. The van der Waals surface area contributed by atoms with Crippen LogP contribution in [-0.2, 0) is 13.2 Å². The average molecular weight is 403 g/mol. The molecule has 20 heavy (non-hydrogen) atoms. The molecule has 1 aliphatic carbocycles. The number of benzene rings is 1. The van der Waals surface area contributed by atoms with Crippen molar-refractivity contribution in [2.45, 2.75) is 31.9 Å². The van der Waals surface area contributed by atoms with E-state index < -0.39 is 0 Å². The summed E-state index contributed by atoms with van der Waals surface area (Å²) < 4.78 is 12.6. The van der Waals surface area contributed by atoms with E-state index in [9.17, 15) is 0 Å². The maximum absolute atomic E-state index is 5.75. The number of rotatable bonds is 5. The average Bonchev–Trinajstić information content (AvgIpc) is 3.17. The Morgan fingerprint density at radius 2 is 2.00 bits per heavy atom. The van der Waals surface area contributed by atoms with Crippen LogP contribution in [0.25, 0.3) is 0 Å². The first-order valence-electron chi connectivity index (χ1n) is 6.30. The Balaban J connectivity index is 1.70. The highest BCUT2D eigenvalue weighted by atomic mass is 79.9. The highest BCUT2D eigenvalue weighted by molar-refractivity contribution is 9.11. The summed E-state index contributed by atoms with van der Waals surface area (Å²) in [5, 5.41) is 3.92. The zero-order valence-electron chi connectivity index (χ0n) is 10.6. The molecule has 2 N–H and O–H groups in total. The molecule has 3 rings (SSSR count). The minimum absolute atomic E-state index is 0.273. The van der Waals surface area contributed by atoms with Crippen LogP contribution >= 0.6 is 31.9 Å². The van der Waals surface area contributed by atoms with Gasteiger partial charge in [-0.25, -0.2) is 0 Å². The molecule has 106 valence electrons. The number of hydrogen-bond donors (Lipinski definition) is 1. The van der Waals surface area contributed by atoms with Gasteiger partial charge in [-0.3, -0.25) is 0 Å². The highest BCUT2D eigenvalue weighted by Crippen LogP contribution is 2.39. The number of nitrogens with zero attached hydrogens (tertiary/aromatic N) is 2. The van der Waals surface area contributed by atoms with Crippen molar-refractivity contribution in [3.05, 3.63) is 38.4 Å². The third-order valence-electron chi connectivity index (χ3n) is 3.05. The van der Waals surface area contributed by atoms with Crippen LogP contribution in [0.5, 0.6) is 5.75 Å².